The molecule has 1 rings (SSSR count). The lowest BCUT2D eigenvalue weighted by Crippen LogP contribution is -2.43. The van der Waals surface area contributed by atoms with Crippen molar-refractivity contribution >= 4 is 0 Å². The second-order valence-electron chi connectivity index (χ2n) is 5.34. The van der Waals surface area contributed by atoms with Crippen molar-refractivity contribution in [1.82, 2.24) is 4.90 Å². The minimum absolute atomic E-state index is 0.0729. The van der Waals surface area contributed by atoms with E-state index in [1.807, 2.05) is 0 Å². The Labute approximate surface area is 101 Å². The fraction of sp³-hybridized carbons (Fsp3) is 1.00. The van der Waals surface area contributed by atoms with Gasteiger partial charge in [0.1, 0.15) is 0 Å². The molecule has 0 aromatic rings. The molecule has 1 N–H and O–H groups in total. The summed E-state index contributed by atoms with van der Waals surface area (Å²) < 4.78 is 0. The first-order chi connectivity index (χ1) is 7.74. The summed E-state index contributed by atoms with van der Waals surface area (Å²) in [5.74, 6) is 0. The third-order valence-corrected chi connectivity index (χ3v) is 3.78. The van der Waals surface area contributed by atoms with E-state index in [1.54, 1.807) is 0 Å². The fourth-order valence-corrected chi connectivity index (χ4v) is 2.61. The van der Waals surface area contributed by atoms with Gasteiger partial charge in [0.2, 0.25) is 0 Å². The summed E-state index contributed by atoms with van der Waals surface area (Å²) in [7, 11) is 0. The molecule has 0 saturated carbocycles. The van der Waals surface area contributed by atoms with Gasteiger partial charge in [-0.15, -0.1) is 0 Å². The average Bonchev–Trinajstić information content (AvgIpc) is 2.28. The van der Waals surface area contributed by atoms with Crippen LogP contribution in [-0.4, -0.2) is 35.2 Å². The Morgan fingerprint density at radius 2 is 2.00 bits per heavy atom. The lowest BCUT2D eigenvalue weighted by molar-refractivity contribution is 0.0480. The third-order valence-electron chi connectivity index (χ3n) is 3.78. The SMILES string of the molecule is CCCCCCCC(C)N1CCC[C@@H](O)C1. The fourth-order valence-electron chi connectivity index (χ4n) is 2.61. The summed E-state index contributed by atoms with van der Waals surface area (Å²) in [5.41, 5.74) is 0. The number of nitrogens with zero attached hydrogens (tertiary/aromatic N) is 1. The maximum Gasteiger partial charge on any atom is 0.0667 e. The Hall–Kier alpha value is -0.0800. The molecule has 1 saturated heterocycles. The zero-order valence-electron chi connectivity index (χ0n) is 11.1. The molecule has 1 aliphatic rings. The van der Waals surface area contributed by atoms with Crippen LogP contribution < -0.4 is 0 Å². The number of hydrogen-bond donors (Lipinski definition) is 1. The topological polar surface area (TPSA) is 23.5 Å². The Balaban J connectivity index is 2.06. The summed E-state index contributed by atoms with van der Waals surface area (Å²) in [6, 6.07) is 0.663. The number of aliphatic hydroxyl groups excluding tert-OH is 1. The van der Waals surface area contributed by atoms with E-state index in [-0.39, 0.29) is 6.10 Å². The summed E-state index contributed by atoms with van der Waals surface area (Å²) in [5, 5.41) is 9.63. The van der Waals surface area contributed by atoms with Gasteiger partial charge in [-0.25, -0.2) is 0 Å². The molecule has 2 nitrogen and oxygen atoms in total. The Morgan fingerprint density at radius 3 is 2.69 bits per heavy atom. The van der Waals surface area contributed by atoms with Crippen molar-refractivity contribution in [3.63, 3.8) is 0 Å². The zero-order valence-corrected chi connectivity index (χ0v) is 11.1. The molecule has 1 unspecified atom stereocenters. The summed E-state index contributed by atoms with van der Waals surface area (Å²) in [6.07, 6.45) is 10.2. The Morgan fingerprint density at radius 1 is 1.25 bits per heavy atom. The Kier molecular flexibility index (Phi) is 7.06. The molecule has 16 heavy (non-hydrogen) atoms. The summed E-state index contributed by atoms with van der Waals surface area (Å²) in [6.45, 7) is 6.67. The quantitative estimate of drug-likeness (QED) is 0.675. The maximum atomic E-state index is 9.63. The molecule has 1 heterocycles. The van der Waals surface area contributed by atoms with Crippen LogP contribution in [0.25, 0.3) is 0 Å². The van der Waals surface area contributed by atoms with Crippen molar-refractivity contribution in [2.75, 3.05) is 13.1 Å². The molecule has 0 bridgehead atoms. The highest BCUT2D eigenvalue weighted by Gasteiger charge is 2.21. The second-order valence-corrected chi connectivity index (χ2v) is 5.34. The van der Waals surface area contributed by atoms with Gasteiger partial charge in [0.15, 0.2) is 0 Å². The highest BCUT2D eigenvalue weighted by Crippen LogP contribution is 2.17. The molecule has 2 atom stereocenters. The van der Waals surface area contributed by atoms with Gasteiger partial charge in [-0.2, -0.15) is 0 Å². The van der Waals surface area contributed by atoms with Crippen LogP contribution in [0.15, 0.2) is 0 Å². The van der Waals surface area contributed by atoms with Crippen molar-refractivity contribution in [2.45, 2.75) is 77.4 Å². The molecule has 1 aliphatic heterocycles. The number of unbranched alkanes of at least 4 members (excludes halogenated alkanes) is 4. The number of likely N-dealkylation sites (tertiary alicyclic amines) is 1. The monoisotopic (exact) mass is 227 g/mol. The second kappa shape index (κ2) is 8.08. The van der Waals surface area contributed by atoms with E-state index >= 15 is 0 Å². The smallest absolute Gasteiger partial charge is 0.0667 e. The molecule has 0 aromatic carbocycles. The van der Waals surface area contributed by atoms with Crippen LogP contribution in [0.1, 0.15) is 65.2 Å². The summed E-state index contributed by atoms with van der Waals surface area (Å²) in [4.78, 5) is 2.47. The van der Waals surface area contributed by atoms with Crippen LogP contribution in [0, 0.1) is 0 Å². The largest absolute Gasteiger partial charge is 0.392 e. The van der Waals surface area contributed by atoms with Gasteiger partial charge in [0.05, 0.1) is 6.10 Å². The van der Waals surface area contributed by atoms with E-state index in [0.717, 1.165) is 13.0 Å². The average molecular weight is 227 g/mol. The lowest BCUT2D eigenvalue weighted by Gasteiger charge is -2.34. The molecular weight excluding hydrogens is 198 g/mol. The first-order valence-electron chi connectivity index (χ1n) is 7.16. The number of rotatable bonds is 7. The number of aliphatic hydroxyl groups is 1. The van der Waals surface area contributed by atoms with Crippen molar-refractivity contribution in [3.05, 3.63) is 0 Å². The van der Waals surface area contributed by atoms with Crippen molar-refractivity contribution in [3.8, 4) is 0 Å². The normalized spacial score (nSPS) is 24.6. The molecule has 96 valence electrons. The standard InChI is InChI=1S/C14H29NO/c1-3-4-5-6-7-9-13(2)15-11-8-10-14(16)12-15/h13-14,16H,3-12H2,1-2H3/t13?,14-/m1/s1. The molecule has 2 heteroatoms. The maximum absolute atomic E-state index is 9.63. The van der Waals surface area contributed by atoms with Gasteiger partial charge in [0.25, 0.3) is 0 Å². The van der Waals surface area contributed by atoms with E-state index in [4.69, 9.17) is 0 Å². The van der Waals surface area contributed by atoms with Gasteiger partial charge in [-0.05, 0) is 32.7 Å². The van der Waals surface area contributed by atoms with E-state index in [0.29, 0.717) is 6.04 Å². The zero-order chi connectivity index (χ0) is 11.8. The van der Waals surface area contributed by atoms with Crippen LogP contribution >= 0.6 is 0 Å². The number of β-amino-alcohol motifs (C(OH)–C–C–N with tert-alkyl or cyclic N) is 1. The minimum Gasteiger partial charge on any atom is -0.392 e. The van der Waals surface area contributed by atoms with E-state index in [2.05, 4.69) is 18.7 Å². The predicted octanol–water partition coefficient (Wildman–Crippen LogP) is 3.19. The molecule has 1 fully saturated rings. The van der Waals surface area contributed by atoms with E-state index in [1.165, 1.54) is 51.5 Å². The molecular formula is C14H29NO. The molecule has 0 amide bonds. The molecule has 0 radical (unpaired) electrons. The predicted molar refractivity (Wildman–Crippen MR) is 69.7 cm³/mol. The van der Waals surface area contributed by atoms with Crippen molar-refractivity contribution in [1.29, 1.82) is 0 Å². The van der Waals surface area contributed by atoms with Crippen LogP contribution in [-0.2, 0) is 0 Å². The van der Waals surface area contributed by atoms with Gasteiger partial charge in [0, 0.05) is 12.6 Å². The number of hydrogen-bond acceptors (Lipinski definition) is 2. The first kappa shape index (κ1) is 14.0. The highest BCUT2D eigenvalue weighted by atomic mass is 16.3. The summed E-state index contributed by atoms with van der Waals surface area (Å²) >= 11 is 0. The van der Waals surface area contributed by atoms with Gasteiger partial charge in [-0.1, -0.05) is 39.0 Å². The van der Waals surface area contributed by atoms with Crippen molar-refractivity contribution < 1.29 is 5.11 Å². The number of piperidine rings is 1. The first-order valence-corrected chi connectivity index (χ1v) is 7.16. The minimum atomic E-state index is -0.0729. The van der Waals surface area contributed by atoms with Crippen LogP contribution in [0.3, 0.4) is 0 Å². The molecule has 0 aromatic heterocycles. The van der Waals surface area contributed by atoms with Crippen LogP contribution in [0.5, 0.6) is 0 Å². The van der Waals surface area contributed by atoms with Crippen LogP contribution in [0.4, 0.5) is 0 Å². The van der Waals surface area contributed by atoms with Gasteiger partial charge < -0.3 is 5.11 Å². The van der Waals surface area contributed by atoms with Gasteiger partial charge >= 0.3 is 0 Å². The highest BCUT2D eigenvalue weighted by molar-refractivity contribution is 4.76. The molecule has 0 aliphatic carbocycles. The van der Waals surface area contributed by atoms with Crippen LogP contribution in [0.2, 0.25) is 0 Å². The van der Waals surface area contributed by atoms with Crippen molar-refractivity contribution in [2.24, 2.45) is 0 Å². The molecule has 0 spiro atoms. The Bertz CT molecular complexity index is 172. The van der Waals surface area contributed by atoms with E-state index < -0.39 is 0 Å². The third kappa shape index (κ3) is 5.31. The lowest BCUT2D eigenvalue weighted by atomic mass is 10.0. The van der Waals surface area contributed by atoms with Gasteiger partial charge in [-0.3, -0.25) is 4.90 Å². The van der Waals surface area contributed by atoms with E-state index in [9.17, 15) is 5.11 Å².